The Morgan fingerprint density at radius 2 is 2.08 bits per heavy atom. The molecule has 2 aliphatic rings. The summed E-state index contributed by atoms with van der Waals surface area (Å²) in [7, 11) is 0. The SMILES string of the molecule is C[C@H](O/N=C\c1ccc2c(c1)OCO2)C(=O)N1CCc2ccccc21. The molecule has 0 aliphatic carbocycles. The van der Waals surface area contributed by atoms with Crippen LogP contribution in [-0.4, -0.2) is 31.6 Å². The molecule has 0 saturated heterocycles. The molecule has 0 unspecified atom stereocenters. The first-order valence-electron chi connectivity index (χ1n) is 8.20. The molecule has 0 saturated carbocycles. The molecule has 1 amide bonds. The zero-order valence-electron chi connectivity index (χ0n) is 13.8. The lowest BCUT2D eigenvalue weighted by Crippen LogP contribution is -2.37. The summed E-state index contributed by atoms with van der Waals surface area (Å²) >= 11 is 0. The molecule has 0 fully saturated rings. The molecule has 2 heterocycles. The smallest absolute Gasteiger partial charge is 0.270 e. The fraction of sp³-hybridized carbons (Fsp3) is 0.263. The second-order valence-corrected chi connectivity index (χ2v) is 5.96. The van der Waals surface area contributed by atoms with E-state index in [1.54, 1.807) is 18.0 Å². The van der Waals surface area contributed by atoms with Gasteiger partial charge in [0.15, 0.2) is 11.5 Å². The van der Waals surface area contributed by atoms with Crippen LogP contribution in [0.3, 0.4) is 0 Å². The summed E-state index contributed by atoms with van der Waals surface area (Å²) in [5, 5.41) is 3.95. The molecule has 0 N–H and O–H groups in total. The Morgan fingerprint density at radius 1 is 1.24 bits per heavy atom. The van der Waals surface area contributed by atoms with E-state index in [0.717, 1.165) is 17.7 Å². The highest BCUT2D eigenvalue weighted by atomic mass is 16.7. The standard InChI is InChI=1S/C19H18N2O4/c1-13(19(22)21-9-8-15-4-2-3-5-16(15)21)25-20-11-14-6-7-17-18(10-14)24-12-23-17/h2-7,10-11,13H,8-9,12H2,1H3/b20-11-/t13-/m0/s1. The Balaban J connectivity index is 1.39. The third kappa shape index (κ3) is 3.03. The lowest BCUT2D eigenvalue weighted by Gasteiger charge is -2.20. The quantitative estimate of drug-likeness (QED) is 0.635. The molecule has 1 atom stereocenters. The maximum atomic E-state index is 12.6. The van der Waals surface area contributed by atoms with Crippen LogP contribution in [0.5, 0.6) is 11.5 Å². The van der Waals surface area contributed by atoms with E-state index in [2.05, 4.69) is 5.16 Å². The molecule has 2 aliphatic heterocycles. The molecule has 128 valence electrons. The first-order valence-corrected chi connectivity index (χ1v) is 8.20. The zero-order valence-corrected chi connectivity index (χ0v) is 13.8. The fourth-order valence-electron chi connectivity index (χ4n) is 3.01. The molecule has 6 heteroatoms. The van der Waals surface area contributed by atoms with Crippen LogP contribution < -0.4 is 14.4 Å². The van der Waals surface area contributed by atoms with E-state index < -0.39 is 6.10 Å². The number of rotatable bonds is 4. The molecule has 0 radical (unpaired) electrons. The Bertz CT molecular complexity index is 834. The molecule has 0 spiro atoms. The van der Waals surface area contributed by atoms with E-state index in [1.165, 1.54) is 5.56 Å². The number of amides is 1. The van der Waals surface area contributed by atoms with Gasteiger partial charge in [-0.2, -0.15) is 0 Å². The van der Waals surface area contributed by atoms with Crippen molar-refractivity contribution in [3.63, 3.8) is 0 Å². The molecule has 0 bridgehead atoms. The lowest BCUT2D eigenvalue weighted by molar-refractivity contribution is -0.128. The summed E-state index contributed by atoms with van der Waals surface area (Å²) in [5.41, 5.74) is 2.96. The first kappa shape index (κ1) is 15.5. The number of benzene rings is 2. The van der Waals surface area contributed by atoms with Crippen molar-refractivity contribution in [2.75, 3.05) is 18.2 Å². The molecule has 6 nitrogen and oxygen atoms in total. The minimum Gasteiger partial charge on any atom is -0.454 e. The Labute approximate surface area is 145 Å². The summed E-state index contributed by atoms with van der Waals surface area (Å²) in [5.74, 6) is 1.31. The van der Waals surface area contributed by atoms with Crippen molar-refractivity contribution < 1.29 is 19.1 Å². The first-order chi connectivity index (χ1) is 12.2. The number of hydrogen-bond acceptors (Lipinski definition) is 5. The van der Waals surface area contributed by atoms with Gasteiger partial charge in [-0.05, 0) is 43.2 Å². The minimum absolute atomic E-state index is 0.0900. The number of hydrogen-bond donors (Lipinski definition) is 0. The van der Waals surface area contributed by atoms with Gasteiger partial charge in [-0.15, -0.1) is 0 Å². The van der Waals surface area contributed by atoms with Crippen LogP contribution in [0, 0.1) is 0 Å². The number of carbonyl (C=O) groups excluding carboxylic acids is 1. The zero-order chi connectivity index (χ0) is 17.2. The van der Waals surface area contributed by atoms with Crippen molar-refractivity contribution >= 4 is 17.8 Å². The molecule has 25 heavy (non-hydrogen) atoms. The van der Waals surface area contributed by atoms with Gasteiger partial charge in [0.2, 0.25) is 12.9 Å². The van der Waals surface area contributed by atoms with Crippen LogP contribution >= 0.6 is 0 Å². The van der Waals surface area contributed by atoms with Crippen LogP contribution in [0.4, 0.5) is 5.69 Å². The predicted octanol–water partition coefficient (Wildman–Crippen LogP) is 2.74. The van der Waals surface area contributed by atoms with Crippen molar-refractivity contribution in [3.8, 4) is 11.5 Å². The molecule has 0 aromatic heterocycles. The van der Waals surface area contributed by atoms with Crippen molar-refractivity contribution in [1.29, 1.82) is 0 Å². The van der Waals surface area contributed by atoms with Gasteiger partial charge in [-0.3, -0.25) is 4.79 Å². The number of ether oxygens (including phenoxy) is 2. The Kier molecular flexibility index (Phi) is 4.01. The van der Waals surface area contributed by atoms with Crippen LogP contribution in [0.2, 0.25) is 0 Å². The number of nitrogens with zero attached hydrogens (tertiary/aromatic N) is 2. The van der Waals surface area contributed by atoms with E-state index in [-0.39, 0.29) is 12.7 Å². The number of oxime groups is 1. The van der Waals surface area contributed by atoms with Crippen LogP contribution in [0.15, 0.2) is 47.6 Å². The van der Waals surface area contributed by atoms with Crippen LogP contribution in [0.25, 0.3) is 0 Å². The summed E-state index contributed by atoms with van der Waals surface area (Å²) in [6, 6.07) is 13.4. The maximum Gasteiger partial charge on any atom is 0.270 e. The van der Waals surface area contributed by atoms with Crippen LogP contribution in [0.1, 0.15) is 18.1 Å². The van der Waals surface area contributed by atoms with Crippen molar-refractivity contribution in [3.05, 3.63) is 53.6 Å². The number of fused-ring (bicyclic) bond motifs is 2. The third-order valence-electron chi connectivity index (χ3n) is 4.32. The monoisotopic (exact) mass is 338 g/mol. The van der Waals surface area contributed by atoms with Crippen molar-refractivity contribution in [2.45, 2.75) is 19.4 Å². The van der Waals surface area contributed by atoms with Gasteiger partial charge in [-0.25, -0.2) is 0 Å². The number of carbonyl (C=O) groups is 1. The highest BCUT2D eigenvalue weighted by Crippen LogP contribution is 2.32. The number of para-hydroxylation sites is 1. The van der Waals surface area contributed by atoms with Gasteiger partial charge in [0.1, 0.15) is 0 Å². The van der Waals surface area contributed by atoms with Gasteiger partial charge < -0.3 is 19.2 Å². The van der Waals surface area contributed by atoms with E-state index in [4.69, 9.17) is 14.3 Å². The topological polar surface area (TPSA) is 60.4 Å². The van der Waals surface area contributed by atoms with Gasteiger partial charge >= 0.3 is 0 Å². The lowest BCUT2D eigenvalue weighted by atomic mass is 10.2. The summed E-state index contributed by atoms with van der Waals surface area (Å²) in [6.45, 7) is 2.62. The van der Waals surface area contributed by atoms with E-state index in [1.807, 2.05) is 42.5 Å². The van der Waals surface area contributed by atoms with Gasteiger partial charge in [0.05, 0.1) is 6.21 Å². The van der Waals surface area contributed by atoms with Gasteiger partial charge in [0.25, 0.3) is 5.91 Å². The summed E-state index contributed by atoms with van der Waals surface area (Å²) in [6.07, 6.45) is 1.77. The van der Waals surface area contributed by atoms with Crippen molar-refractivity contribution in [1.82, 2.24) is 0 Å². The average Bonchev–Trinajstić information content (AvgIpc) is 3.27. The van der Waals surface area contributed by atoms with Crippen LogP contribution in [-0.2, 0) is 16.1 Å². The Morgan fingerprint density at radius 3 is 3.00 bits per heavy atom. The molecule has 2 aromatic rings. The second-order valence-electron chi connectivity index (χ2n) is 5.96. The summed E-state index contributed by atoms with van der Waals surface area (Å²) < 4.78 is 10.6. The average molecular weight is 338 g/mol. The van der Waals surface area contributed by atoms with Gasteiger partial charge in [0, 0.05) is 17.8 Å². The highest BCUT2D eigenvalue weighted by molar-refractivity contribution is 5.98. The Hall–Kier alpha value is -3.02. The second kappa shape index (κ2) is 6.47. The normalized spacial score (nSPS) is 16.1. The largest absolute Gasteiger partial charge is 0.454 e. The van der Waals surface area contributed by atoms with E-state index in [0.29, 0.717) is 18.0 Å². The van der Waals surface area contributed by atoms with Gasteiger partial charge in [-0.1, -0.05) is 23.4 Å². The van der Waals surface area contributed by atoms with Crippen molar-refractivity contribution in [2.24, 2.45) is 5.16 Å². The maximum absolute atomic E-state index is 12.6. The predicted molar refractivity (Wildman–Crippen MR) is 93.2 cm³/mol. The molecular formula is C19H18N2O4. The molecule has 4 rings (SSSR count). The number of anilines is 1. The summed E-state index contributed by atoms with van der Waals surface area (Å²) in [4.78, 5) is 19.7. The molecular weight excluding hydrogens is 320 g/mol. The highest BCUT2D eigenvalue weighted by Gasteiger charge is 2.28. The molecule has 2 aromatic carbocycles. The third-order valence-corrected chi connectivity index (χ3v) is 4.32. The van der Waals surface area contributed by atoms with E-state index in [9.17, 15) is 4.79 Å². The fourth-order valence-corrected chi connectivity index (χ4v) is 3.01. The minimum atomic E-state index is -0.656. The van der Waals surface area contributed by atoms with E-state index >= 15 is 0 Å².